The molecule has 0 bridgehead atoms. The summed E-state index contributed by atoms with van der Waals surface area (Å²) in [7, 11) is 0. The Kier molecular flexibility index (Phi) is 7.28. The molecular formula is C18H17F2NO4S. The number of esters is 1. The monoisotopic (exact) mass is 381 g/mol. The Hall–Kier alpha value is -2.74. The number of benzene rings is 1. The van der Waals surface area contributed by atoms with E-state index < -0.39 is 24.6 Å². The second kappa shape index (κ2) is 9.67. The fraction of sp³-hybridized carbons (Fsp3) is 0.222. The van der Waals surface area contributed by atoms with E-state index in [9.17, 15) is 18.4 Å². The lowest BCUT2D eigenvalue weighted by molar-refractivity contribution is -0.150. The molecule has 0 aliphatic rings. The van der Waals surface area contributed by atoms with Crippen LogP contribution in [0.2, 0.25) is 0 Å². The number of rotatable bonds is 8. The Bertz CT molecular complexity index is 745. The molecule has 1 aromatic carbocycles. The number of alkyl halides is 2. The predicted octanol–water partition coefficient (Wildman–Crippen LogP) is 3.61. The molecule has 8 heteroatoms. The number of amides is 1. The van der Waals surface area contributed by atoms with E-state index in [-0.39, 0.29) is 5.75 Å². The number of hydrogen-bond donors (Lipinski definition) is 1. The zero-order chi connectivity index (χ0) is 18.9. The minimum absolute atomic E-state index is 0.0239. The highest BCUT2D eigenvalue weighted by Crippen LogP contribution is 2.15. The first-order valence-corrected chi connectivity index (χ1v) is 8.55. The van der Waals surface area contributed by atoms with E-state index in [4.69, 9.17) is 4.74 Å². The first kappa shape index (κ1) is 19.6. The normalized spacial score (nSPS) is 12.2. The minimum atomic E-state index is -2.89. The van der Waals surface area contributed by atoms with E-state index in [0.717, 1.165) is 11.0 Å². The summed E-state index contributed by atoms with van der Waals surface area (Å²) < 4.78 is 33.4. The van der Waals surface area contributed by atoms with Crippen LogP contribution in [0.15, 0.2) is 47.9 Å². The van der Waals surface area contributed by atoms with Gasteiger partial charge in [-0.1, -0.05) is 18.2 Å². The molecule has 1 atom stereocenters. The fourth-order valence-electron chi connectivity index (χ4n) is 1.92. The van der Waals surface area contributed by atoms with Gasteiger partial charge in [0.15, 0.2) is 6.10 Å². The highest BCUT2D eigenvalue weighted by Gasteiger charge is 2.16. The van der Waals surface area contributed by atoms with Gasteiger partial charge in [0.05, 0.1) is 6.54 Å². The van der Waals surface area contributed by atoms with Crippen LogP contribution >= 0.6 is 11.3 Å². The first-order chi connectivity index (χ1) is 12.4. The lowest BCUT2D eigenvalue weighted by atomic mass is 10.2. The van der Waals surface area contributed by atoms with Crippen LogP contribution in [0.25, 0.3) is 6.08 Å². The molecule has 1 heterocycles. The van der Waals surface area contributed by atoms with Crippen LogP contribution in [0.5, 0.6) is 5.75 Å². The SMILES string of the molecule is C[C@H](OC(=O)/C=C/c1ccc(OC(F)F)cc1)C(=O)NCc1cccs1. The summed E-state index contributed by atoms with van der Waals surface area (Å²) in [6, 6.07) is 9.52. The number of halogens is 2. The summed E-state index contributed by atoms with van der Waals surface area (Å²) in [6.45, 7) is -1.04. The van der Waals surface area contributed by atoms with Gasteiger partial charge in [-0.2, -0.15) is 8.78 Å². The van der Waals surface area contributed by atoms with Gasteiger partial charge >= 0.3 is 12.6 Å². The lowest BCUT2D eigenvalue weighted by Gasteiger charge is -2.11. The number of hydrogen-bond acceptors (Lipinski definition) is 5. The van der Waals surface area contributed by atoms with Gasteiger partial charge in [0.2, 0.25) is 0 Å². The predicted molar refractivity (Wildman–Crippen MR) is 93.8 cm³/mol. The van der Waals surface area contributed by atoms with Crippen LogP contribution < -0.4 is 10.1 Å². The van der Waals surface area contributed by atoms with Gasteiger partial charge in [0, 0.05) is 11.0 Å². The van der Waals surface area contributed by atoms with Crippen molar-refractivity contribution < 1.29 is 27.8 Å². The Morgan fingerprint density at radius 3 is 2.58 bits per heavy atom. The van der Waals surface area contributed by atoms with Crippen LogP contribution in [0.3, 0.4) is 0 Å². The highest BCUT2D eigenvalue weighted by molar-refractivity contribution is 7.09. The molecule has 1 amide bonds. The second-order valence-corrected chi connectivity index (χ2v) is 6.19. The molecule has 0 aliphatic carbocycles. The number of carbonyl (C=O) groups is 2. The van der Waals surface area contributed by atoms with Crippen LogP contribution in [0, 0.1) is 0 Å². The summed E-state index contributed by atoms with van der Waals surface area (Å²) in [5.74, 6) is -1.05. The standard InChI is InChI=1S/C18H17F2NO4S/c1-12(17(23)21-11-15-3-2-10-26-15)24-16(22)9-6-13-4-7-14(8-5-13)25-18(19)20/h2-10,12,18H,11H2,1H3,(H,21,23)/b9-6+/t12-/m0/s1. The van der Waals surface area contributed by atoms with Gasteiger partial charge in [0.25, 0.3) is 5.91 Å². The molecule has 0 saturated heterocycles. The molecule has 138 valence electrons. The summed E-state index contributed by atoms with van der Waals surface area (Å²) in [5, 5.41) is 4.59. The van der Waals surface area contributed by atoms with E-state index in [1.54, 1.807) is 0 Å². The third kappa shape index (κ3) is 6.64. The van der Waals surface area contributed by atoms with E-state index in [1.807, 2.05) is 17.5 Å². The Morgan fingerprint density at radius 1 is 1.23 bits per heavy atom. The van der Waals surface area contributed by atoms with Gasteiger partial charge in [-0.3, -0.25) is 4.79 Å². The maximum atomic E-state index is 12.1. The molecule has 0 radical (unpaired) electrons. The van der Waals surface area contributed by atoms with Crippen molar-refractivity contribution in [1.29, 1.82) is 0 Å². The third-order valence-electron chi connectivity index (χ3n) is 3.20. The number of ether oxygens (including phenoxy) is 2. The molecule has 26 heavy (non-hydrogen) atoms. The highest BCUT2D eigenvalue weighted by atomic mass is 32.1. The Morgan fingerprint density at radius 2 is 1.96 bits per heavy atom. The van der Waals surface area contributed by atoms with Crippen molar-refractivity contribution >= 4 is 29.3 Å². The van der Waals surface area contributed by atoms with Crippen LogP contribution in [0.4, 0.5) is 8.78 Å². The van der Waals surface area contributed by atoms with Gasteiger partial charge in [-0.05, 0) is 42.1 Å². The van der Waals surface area contributed by atoms with Crippen molar-refractivity contribution in [1.82, 2.24) is 5.32 Å². The van der Waals surface area contributed by atoms with Crippen LogP contribution in [-0.2, 0) is 20.9 Å². The molecular weight excluding hydrogens is 364 g/mol. The molecule has 2 aromatic rings. The average molecular weight is 381 g/mol. The molecule has 0 fully saturated rings. The smallest absolute Gasteiger partial charge is 0.387 e. The molecule has 1 aromatic heterocycles. The lowest BCUT2D eigenvalue weighted by Crippen LogP contribution is -2.34. The van der Waals surface area contributed by atoms with E-state index in [1.165, 1.54) is 48.6 Å². The molecule has 1 N–H and O–H groups in total. The van der Waals surface area contributed by atoms with Gasteiger partial charge in [-0.25, -0.2) is 4.79 Å². The number of thiophene rings is 1. The molecule has 0 saturated carbocycles. The summed E-state index contributed by atoms with van der Waals surface area (Å²) in [4.78, 5) is 24.7. The van der Waals surface area contributed by atoms with Crippen molar-refractivity contribution in [3.05, 3.63) is 58.3 Å². The zero-order valence-corrected chi connectivity index (χ0v) is 14.7. The molecule has 0 spiro atoms. The van der Waals surface area contributed by atoms with Gasteiger partial charge in [-0.15, -0.1) is 11.3 Å². The molecule has 5 nitrogen and oxygen atoms in total. The quantitative estimate of drug-likeness (QED) is 0.560. The van der Waals surface area contributed by atoms with Crippen LogP contribution in [0.1, 0.15) is 17.4 Å². The minimum Gasteiger partial charge on any atom is -0.449 e. The summed E-state index contributed by atoms with van der Waals surface area (Å²) in [5.41, 5.74) is 0.596. The first-order valence-electron chi connectivity index (χ1n) is 7.67. The molecule has 0 aliphatic heterocycles. The topological polar surface area (TPSA) is 64.6 Å². The van der Waals surface area contributed by atoms with Crippen LogP contribution in [-0.4, -0.2) is 24.6 Å². The van der Waals surface area contributed by atoms with Crippen molar-refractivity contribution in [2.45, 2.75) is 26.2 Å². The van der Waals surface area contributed by atoms with E-state index >= 15 is 0 Å². The second-order valence-electron chi connectivity index (χ2n) is 5.16. The Balaban J connectivity index is 1.79. The van der Waals surface area contributed by atoms with E-state index in [0.29, 0.717) is 12.1 Å². The maximum Gasteiger partial charge on any atom is 0.387 e. The largest absolute Gasteiger partial charge is 0.449 e. The fourth-order valence-corrected chi connectivity index (χ4v) is 2.57. The van der Waals surface area contributed by atoms with Gasteiger partial charge < -0.3 is 14.8 Å². The van der Waals surface area contributed by atoms with Gasteiger partial charge in [0.1, 0.15) is 5.75 Å². The van der Waals surface area contributed by atoms with Crippen molar-refractivity contribution in [3.8, 4) is 5.75 Å². The summed E-state index contributed by atoms with van der Waals surface area (Å²) >= 11 is 1.52. The number of nitrogens with one attached hydrogen (secondary N) is 1. The average Bonchev–Trinajstić information content (AvgIpc) is 3.12. The Labute approximate surface area is 153 Å². The van der Waals surface area contributed by atoms with Crippen molar-refractivity contribution in [2.24, 2.45) is 0 Å². The van der Waals surface area contributed by atoms with Crippen molar-refractivity contribution in [2.75, 3.05) is 0 Å². The third-order valence-corrected chi connectivity index (χ3v) is 4.07. The maximum absolute atomic E-state index is 12.1. The summed E-state index contributed by atoms with van der Waals surface area (Å²) in [6.07, 6.45) is 1.67. The molecule has 2 rings (SSSR count). The van der Waals surface area contributed by atoms with Crippen molar-refractivity contribution in [3.63, 3.8) is 0 Å². The molecule has 0 unspecified atom stereocenters. The van der Waals surface area contributed by atoms with E-state index in [2.05, 4.69) is 10.1 Å². The zero-order valence-electron chi connectivity index (χ0n) is 13.9. The number of carbonyl (C=O) groups excluding carboxylic acids is 2.